The second-order valence-corrected chi connectivity index (χ2v) is 11.1. The van der Waals surface area contributed by atoms with Crippen molar-refractivity contribution in [3.8, 4) is 0 Å². The van der Waals surface area contributed by atoms with Crippen molar-refractivity contribution in [2.75, 3.05) is 32.6 Å². The van der Waals surface area contributed by atoms with E-state index in [9.17, 15) is 23.1 Å². The zero-order valence-electron chi connectivity index (χ0n) is 16.8. The smallest absolute Gasteiger partial charge is 0.359 e. The number of carbonyl (C=O) groups excluding carboxylic acids is 2. The maximum Gasteiger partial charge on any atom is 0.359 e. The van der Waals surface area contributed by atoms with Crippen LogP contribution in [0.4, 0.5) is 0 Å². The second-order valence-electron chi connectivity index (χ2n) is 8.64. The highest BCUT2D eigenvalue weighted by Crippen LogP contribution is 2.47. The largest absolute Gasteiger partial charge is 0.461 e. The van der Waals surface area contributed by atoms with Crippen LogP contribution in [0.25, 0.3) is 0 Å². The summed E-state index contributed by atoms with van der Waals surface area (Å²) in [6.07, 6.45) is 4.43. The van der Waals surface area contributed by atoms with Gasteiger partial charge in [0.2, 0.25) is 0 Å². The molecule has 1 N–H and O–H groups in total. The van der Waals surface area contributed by atoms with Gasteiger partial charge in [-0.05, 0) is 39.0 Å². The van der Waals surface area contributed by atoms with Gasteiger partial charge in [-0.3, -0.25) is 9.48 Å². The number of amides is 1. The third-order valence-corrected chi connectivity index (χ3v) is 8.60. The van der Waals surface area contributed by atoms with E-state index in [1.54, 1.807) is 11.8 Å². The first-order chi connectivity index (χ1) is 13.7. The molecule has 1 aromatic rings. The highest BCUT2D eigenvalue weighted by molar-refractivity contribution is 7.92. The summed E-state index contributed by atoms with van der Waals surface area (Å²) in [5.41, 5.74) is 0.720. The standard InChI is InChI=1S/C19H27N3O6S/c1-3-28-17(25)14-13-4-9-21(11-19(7-8-19)29(2,26)27)16(24)15(13)22(20-14)10-18(12-23)5-6-18/h23H,3-12H2,1-2H3. The summed E-state index contributed by atoms with van der Waals surface area (Å²) < 4.78 is 30.1. The monoisotopic (exact) mass is 425 g/mol. The van der Waals surface area contributed by atoms with Gasteiger partial charge in [-0.25, -0.2) is 13.2 Å². The lowest BCUT2D eigenvalue weighted by atomic mass is 10.0. The molecule has 2 aliphatic carbocycles. The second kappa shape index (κ2) is 6.80. The molecule has 0 aromatic carbocycles. The van der Waals surface area contributed by atoms with Gasteiger partial charge in [-0.2, -0.15) is 5.10 Å². The van der Waals surface area contributed by atoms with E-state index in [0.29, 0.717) is 43.6 Å². The van der Waals surface area contributed by atoms with Crippen LogP contribution in [0.2, 0.25) is 0 Å². The van der Waals surface area contributed by atoms with E-state index in [1.807, 2.05) is 0 Å². The fourth-order valence-electron chi connectivity index (χ4n) is 4.10. The Labute approximate surface area is 169 Å². The molecule has 4 rings (SSSR count). The van der Waals surface area contributed by atoms with Crippen LogP contribution in [-0.4, -0.2) is 77.4 Å². The van der Waals surface area contributed by atoms with E-state index in [0.717, 1.165) is 12.8 Å². The van der Waals surface area contributed by atoms with Crippen LogP contribution >= 0.6 is 0 Å². The number of hydrogen-bond donors (Lipinski definition) is 1. The lowest BCUT2D eigenvalue weighted by Gasteiger charge is -2.31. The summed E-state index contributed by atoms with van der Waals surface area (Å²) >= 11 is 0. The summed E-state index contributed by atoms with van der Waals surface area (Å²) in [4.78, 5) is 27.3. The molecule has 0 spiro atoms. The minimum atomic E-state index is -3.26. The fraction of sp³-hybridized carbons (Fsp3) is 0.737. The number of aliphatic hydroxyl groups excluding tert-OH is 1. The number of esters is 1. The number of nitrogens with zero attached hydrogens (tertiary/aromatic N) is 3. The number of aliphatic hydroxyl groups is 1. The van der Waals surface area contributed by atoms with Gasteiger partial charge in [0, 0.05) is 36.9 Å². The lowest BCUT2D eigenvalue weighted by molar-refractivity contribution is 0.0516. The molecule has 0 bridgehead atoms. The molecule has 0 atom stereocenters. The quantitative estimate of drug-likeness (QED) is 0.599. The van der Waals surface area contributed by atoms with Crippen molar-refractivity contribution in [2.24, 2.45) is 5.41 Å². The number of hydrogen-bond acceptors (Lipinski definition) is 7. The van der Waals surface area contributed by atoms with Gasteiger partial charge in [0.1, 0.15) is 5.69 Å². The zero-order chi connectivity index (χ0) is 21.0. The van der Waals surface area contributed by atoms with Gasteiger partial charge in [0.05, 0.1) is 18.0 Å². The van der Waals surface area contributed by atoms with Crippen LogP contribution in [-0.2, 0) is 27.5 Å². The number of aromatic nitrogens is 2. The third-order valence-electron chi connectivity index (χ3n) is 6.49. The van der Waals surface area contributed by atoms with Crippen LogP contribution < -0.4 is 0 Å². The number of rotatable bonds is 8. The normalized spacial score (nSPS) is 21.6. The summed E-state index contributed by atoms with van der Waals surface area (Å²) in [5.74, 6) is -0.870. The van der Waals surface area contributed by atoms with Crippen molar-refractivity contribution in [3.05, 3.63) is 17.0 Å². The van der Waals surface area contributed by atoms with E-state index in [-0.39, 0.29) is 36.8 Å². The summed E-state index contributed by atoms with van der Waals surface area (Å²) in [7, 11) is -3.26. The Hall–Kier alpha value is -1.94. The maximum absolute atomic E-state index is 13.3. The molecule has 0 unspecified atom stereocenters. The molecule has 0 radical (unpaired) electrons. The van der Waals surface area contributed by atoms with Crippen molar-refractivity contribution in [3.63, 3.8) is 0 Å². The van der Waals surface area contributed by atoms with E-state index < -0.39 is 20.6 Å². The Morgan fingerprint density at radius 1 is 1.24 bits per heavy atom. The Bertz CT molecular complexity index is 959. The van der Waals surface area contributed by atoms with Crippen molar-refractivity contribution in [2.45, 2.75) is 50.3 Å². The minimum absolute atomic E-state index is 0.00846. The molecule has 10 heteroatoms. The number of sulfone groups is 1. The van der Waals surface area contributed by atoms with Gasteiger partial charge in [-0.15, -0.1) is 0 Å². The van der Waals surface area contributed by atoms with Crippen molar-refractivity contribution < 1.29 is 27.9 Å². The lowest BCUT2D eigenvalue weighted by Crippen LogP contribution is -2.46. The molecule has 2 saturated carbocycles. The molecule has 1 amide bonds. The van der Waals surface area contributed by atoms with Gasteiger partial charge in [-0.1, -0.05) is 0 Å². The van der Waals surface area contributed by atoms with E-state index in [1.165, 1.54) is 10.9 Å². The molecule has 2 heterocycles. The summed E-state index contributed by atoms with van der Waals surface area (Å²) in [6, 6.07) is 0. The van der Waals surface area contributed by atoms with E-state index >= 15 is 0 Å². The molecule has 1 aromatic heterocycles. The highest BCUT2D eigenvalue weighted by atomic mass is 32.2. The Morgan fingerprint density at radius 3 is 2.45 bits per heavy atom. The Balaban J connectivity index is 1.67. The first-order valence-electron chi connectivity index (χ1n) is 10.0. The van der Waals surface area contributed by atoms with Gasteiger partial charge in [0.25, 0.3) is 5.91 Å². The first kappa shape index (κ1) is 20.3. The third kappa shape index (κ3) is 3.46. The number of carbonyl (C=O) groups is 2. The van der Waals surface area contributed by atoms with Crippen LogP contribution in [0.5, 0.6) is 0 Å². The van der Waals surface area contributed by atoms with Gasteiger partial charge >= 0.3 is 5.97 Å². The first-order valence-corrected chi connectivity index (χ1v) is 11.9. The SMILES string of the molecule is CCOC(=O)c1nn(CC2(CO)CC2)c2c1CCN(CC1(S(C)(=O)=O)CC1)C2=O. The molecule has 2 fully saturated rings. The molecular formula is C19H27N3O6S. The summed E-state index contributed by atoms with van der Waals surface area (Å²) in [6.45, 7) is 2.76. The molecule has 1 aliphatic heterocycles. The van der Waals surface area contributed by atoms with E-state index in [4.69, 9.17) is 4.74 Å². The van der Waals surface area contributed by atoms with Crippen LogP contribution in [0, 0.1) is 5.41 Å². The molecular weight excluding hydrogens is 398 g/mol. The molecule has 29 heavy (non-hydrogen) atoms. The number of ether oxygens (including phenoxy) is 1. The minimum Gasteiger partial charge on any atom is -0.461 e. The predicted octanol–water partition coefficient (Wildman–Crippen LogP) is 0.408. The van der Waals surface area contributed by atoms with Crippen molar-refractivity contribution in [1.82, 2.24) is 14.7 Å². The van der Waals surface area contributed by atoms with Gasteiger partial charge in [0.15, 0.2) is 15.5 Å². The Kier molecular flexibility index (Phi) is 4.77. The zero-order valence-corrected chi connectivity index (χ0v) is 17.6. The molecule has 0 saturated heterocycles. The number of fused-ring (bicyclic) bond motifs is 1. The average Bonchev–Trinajstić information content (AvgIpc) is 3.56. The predicted molar refractivity (Wildman–Crippen MR) is 103 cm³/mol. The Morgan fingerprint density at radius 2 is 1.93 bits per heavy atom. The average molecular weight is 426 g/mol. The topological polar surface area (TPSA) is 119 Å². The van der Waals surface area contributed by atoms with Crippen molar-refractivity contribution in [1.29, 1.82) is 0 Å². The maximum atomic E-state index is 13.3. The molecule has 3 aliphatic rings. The fourth-order valence-corrected chi connectivity index (χ4v) is 5.33. The van der Waals surface area contributed by atoms with Crippen LogP contribution in [0.15, 0.2) is 0 Å². The van der Waals surface area contributed by atoms with Crippen LogP contribution in [0.3, 0.4) is 0 Å². The van der Waals surface area contributed by atoms with Crippen LogP contribution in [0.1, 0.15) is 59.1 Å². The highest BCUT2D eigenvalue weighted by Gasteiger charge is 2.54. The molecule has 160 valence electrons. The summed E-state index contributed by atoms with van der Waals surface area (Å²) in [5, 5.41) is 14.1. The van der Waals surface area contributed by atoms with Crippen molar-refractivity contribution >= 4 is 21.7 Å². The van der Waals surface area contributed by atoms with E-state index in [2.05, 4.69) is 5.10 Å². The molecule has 9 nitrogen and oxygen atoms in total. The van der Waals surface area contributed by atoms with Gasteiger partial charge < -0.3 is 14.7 Å².